The average molecular weight is 374 g/mol. The number of fused-ring (bicyclic) bond motifs is 1. The summed E-state index contributed by atoms with van der Waals surface area (Å²) in [5.41, 5.74) is 1.26. The van der Waals surface area contributed by atoms with Crippen LogP contribution < -0.4 is 5.32 Å². The molecule has 2 aromatic carbocycles. The van der Waals surface area contributed by atoms with Crippen molar-refractivity contribution in [1.29, 1.82) is 0 Å². The van der Waals surface area contributed by atoms with E-state index in [1.165, 1.54) is 30.3 Å². The molecule has 0 saturated carbocycles. The minimum Gasteiger partial charge on any atom is -0.370 e. The zero-order valence-electron chi connectivity index (χ0n) is 14.5. The number of halogens is 1. The number of rotatable bonds is 5. The summed E-state index contributed by atoms with van der Waals surface area (Å²) >= 11 is 0. The number of carbonyl (C=O) groups is 1. The van der Waals surface area contributed by atoms with Gasteiger partial charge >= 0.3 is 0 Å². The highest BCUT2D eigenvalue weighted by molar-refractivity contribution is 7.97. The van der Waals surface area contributed by atoms with Crippen LogP contribution in [0.3, 0.4) is 0 Å². The van der Waals surface area contributed by atoms with Gasteiger partial charge in [-0.2, -0.15) is 0 Å². The van der Waals surface area contributed by atoms with Crippen LogP contribution in [0, 0.1) is 5.82 Å². The molecule has 3 rings (SSSR count). The van der Waals surface area contributed by atoms with Crippen molar-refractivity contribution in [2.75, 3.05) is 18.4 Å². The molecule has 5 nitrogen and oxygen atoms in total. The van der Waals surface area contributed by atoms with E-state index in [9.17, 15) is 17.6 Å². The molecule has 0 fully saturated rings. The van der Waals surface area contributed by atoms with E-state index < -0.39 is 21.6 Å². The Morgan fingerprint density at radius 2 is 1.65 bits per heavy atom. The number of anilines is 1. The highest BCUT2D eigenvalue weighted by Crippen LogP contribution is 2.41. The summed E-state index contributed by atoms with van der Waals surface area (Å²) in [7, 11) is -3.94. The van der Waals surface area contributed by atoms with Crippen LogP contribution in [0.2, 0.25) is 0 Å². The molecule has 136 valence electrons. The molecule has 1 aliphatic heterocycles. The number of nitrogens with zero attached hydrogens (tertiary/aromatic N) is 1. The second-order valence-corrected chi connectivity index (χ2v) is 7.67. The number of benzene rings is 2. The van der Waals surface area contributed by atoms with Gasteiger partial charge in [0.1, 0.15) is 5.82 Å². The third kappa shape index (κ3) is 2.99. The van der Waals surface area contributed by atoms with E-state index in [0.717, 1.165) is 0 Å². The Labute approximate surface area is 152 Å². The minimum atomic E-state index is -3.94. The van der Waals surface area contributed by atoms with Crippen LogP contribution >= 0.6 is 0 Å². The van der Waals surface area contributed by atoms with Gasteiger partial charge < -0.3 is 10.2 Å². The van der Waals surface area contributed by atoms with Crippen LogP contribution in [0.25, 0.3) is 5.70 Å². The molecule has 26 heavy (non-hydrogen) atoms. The van der Waals surface area contributed by atoms with Crippen LogP contribution in [0.15, 0.2) is 58.3 Å². The molecular weight excluding hydrogens is 355 g/mol. The topological polar surface area (TPSA) is 66.5 Å². The lowest BCUT2D eigenvalue weighted by Crippen LogP contribution is -2.26. The molecule has 0 radical (unpaired) electrons. The van der Waals surface area contributed by atoms with Crippen LogP contribution in [0.5, 0.6) is 0 Å². The van der Waals surface area contributed by atoms with Gasteiger partial charge in [0.2, 0.25) is 9.84 Å². The molecule has 7 heteroatoms. The fourth-order valence-electron chi connectivity index (χ4n) is 3.06. The highest BCUT2D eigenvalue weighted by Gasteiger charge is 2.41. The largest absolute Gasteiger partial charge is 0.370 e. The zero-order valence-corrected chi connectivity index (χ0v) is 15.3. The first-order chi connectivity index (χ1) is 12.4. The van der Waals surface area contributed by atoms with Crippen LogP contribution in [0.4, 0.5) is 10.1 Å². The Balaban J connectivity index is 2.12. The van der Waals surface area contributed by atoms with Gasteiger partial charge in [-0.1, -0.05) is 18.2 Å². The van der Waals surface area contributed by atoms with Crippen LogP contribution in [-0.4, -0.2) is 32.3 Å². The monoisotopic (exact) mass is 374 g/mol. The van der Waals surface area contributed by atoms with Gasteiger partial charge in [0.15, 0.2) is 4.91 Å². The lowest BCUT2D eigenvalue weighted by Gasteiger charge is -2.23. The number of carbonyl (C=O) groups excluding carboxylic acids is 1. The quantitative estimate of drug-likeness (QED) is 0.872. The maximum absolute atomic E-state index is 13.1. The predicted molar refractivity (Wildman–Crippen MR) is 98.5 cm³/mol. The van der Waals surface area contributed by atoms with E-state index in [1.807, 2.05) is 18.7 Å². The molecule has 0 spiro atoms. The first-order valence-corrected chi connectivity index (χ1v) is 9.79. The van der Waals surface area contributed by atoms with E-state index in [4.69, 9.17) is 0 Å². The number of nitrogens with one attached hydrogen (secondary N) is 1. The van der Waals surface area contributed by atoms with E-state index in [1.54, 1.807) is 18.2 Å². The molecular formula is C19H19FN2O3S. The average Bonchev–Trinajstić information content (AvgIpc) is 2.86. The van der Waals surface area contributed by atoms with E-state index in [0.29, 0.717) is 30.0 Å². The number of amides is 1. The van der Waals surface area contributed by atoms with Gasteiger partial charge in [0.25, 0.3) is 5.91 Å². The standard InChI is InChI=1S/C19H19FN2O3S/c1-3-22(4-2)17-15-7-5-6-8-16(15)26(24,25)18(17)19(23)21-14-11-9-13(20)10-12-14/h5-12H,3-4H2,1-2H3,(H,21,23). The maximum Gasteiger partial charge on any atom is 0.269 e. The third-order valence-corrected chi connectivity index (χ3v) is 6.15. The summed E-state index contributed by atoms with van der Waals surface area (Å²) in [6.07, 6.45) is 0. The summed E-state index contributed by atoms with van der Waals surface area (Å²) in [6.45, 7) is 4.92. The first kappa shape index (κ1) is 18.1. The fourth-order valence-corrected chi connectivity index (χ4v) is 4.78. The van der Waals surface area contributed by atoms with Crippen molar-refractivity contribution in [3.63, 3.8) is 0 Å². The lowest BCUT2D eigenvalue weighted by molar-refractivity contribution is -0.112. The Morgan fingerprint density at radius 3 is 2.27 bits per heavy atom. The Hall–Kier alpha value is -2.67. The molecule has 1 N–H and O–H groups in total. The van der Waals surface area contributed by atoms with E-state index in [2.05, 4.69) is 5.32 Å². The summed E-state index contributed by atoms with van der Waals surface area (Å²) in [5, 5.41) is 2.57. The van der Waals surface area contributed by atoms with Crippen molar-refractivity contribution in [3.05, 3.63) is 64.8 Å². The van der Waals surface area contributed by atoms with Crippen LogP contribution in [-0.2, 0) is 14.6 Å². The lowest BCUT2D eigenvalue weighted by atomic mass is 10.1. The highest BCUT2D eigenvalue weighted by atomic mass is 32.2. The van der Waals surface area contributed by atoms with Gasteiger partial charge in [0.05, 0.1) is 10.6 Å². The number of sulfone groups is 1. The predicted octanol–water partition coefficient (Wildman–Crippen LogP) is 3.26. The summed E-state index contributed by atoms with van der Waals surface area (Å²) in [5.74, 6) is -1.17. The van der Waals surface area contributed by atoms with Crippen LogP contribution in [0.1, 0.15) is 19.4 Å². The Morgan fingerprint density at radius 1 is 1.04 bits per heavy atom. The smallest absolute Gasteiger partial charge is 0.269 e. The SMILES string of the molecule is CCN(CC)C1=C(C(=O)Nc2ccc(F)cc2)S(=O)(=O)c2ccccc21. The first-order valence-electron chi connectivity index (χ1n) is 8.30. The fraction of sp³-hybridized carbons (Fsp3) is 0.211. The third-order valence-electron chi connectivity index (χ3n) is 4.30. The molecule has 0 saturated heterocycles. The van der Waals surface area contributed by atoms with Crippen molar-refractivity contribution >= 4 is 27.1 Å². The maximum atomic E-state index is 13.1. The summed E-state index contributed by atoms with van der Waals surface area (Å²) < 4.78 is 39.1. The van der Waals surface area contributed by atoms with Gasteiger partial charge in [-0.25, -0.2) is 12.8 Å². The van der Waals surface area contributed by atoms with Crippen molar-refractivity contribution in [3.8, 4) is 0 Å². The second kappa shape index (κ2) is 6.92. The summed E-state index contributed by atoms with van der Waals surface area (Å²) in [6, 6.07) is 11.8. The Kier molecular flexibility index (Phi) is 4.82. The molecule has 0 aromatic heterocycles. The number of hydrogen-bond acceptors (Lipinski definition) is 4. The van der Waals surface area contributed by atoms with E-state index in [-0.39, 0.29) is 9.80 Å². The normalized spacial score (nSPS) is 14.9. The van der Waals surface area contributed by atoms with Crippen molar-refractivity contribution in [2.45, 2.75) is 18.7 Å². The molecule has 0 aliphatic carbocycles. The number of hydrogen-bond donors (Lipinski definition) is 1. The van der Waals surface area contributed by atoms with Gasteiger partial charge in [0, 0.05) is 24.3 Å². The van der Waals surface area contributed by atoms with Gasteiger partial charge in [-0.15, -0.1) is 0 Å². The molecule has 0 atom stereocenters. The van der Waals surface area contributed by atoms with Gasteiger partial charge in [-0.3, -0.25) is 4.79 Å². The molecule has 1 amide bonds. The minimum absolute atomic E-state index is 0.131. The molecule has 0 unspecified atom stereocenters. The Bertz CT molecular complexity index is 978. The summed E-state index contributed by atoms with van der Waals surface area (Å²) in [4.78, 5) is 14.6. The van der Waals surface area contributed by atoms with Gasteiger partial charge in [-0.05, 0) is 44.2 Å². The zero-order chi connectivity index (χ0) is 18.9. The molecule has 2 aromatic rings. The van der Waals surface area contributed by atoms with Crippen molar-refractivity contribution in [1.82, 2.24) is 4.90 Å². The van der Waals surface area contributed by atoms with E-state index >= 15 is 0 Å². The molecule has 1 aliphatic rings. The second-order valence-electron chi connectivity index (χ2n) is 5.81. The molecule has 0 bridgehead atoms. The van der Waals surface area contributed by atoms with Crippen molar-refractivity contribution in [2.24, 2.45) is 0 Å². The van der Waals surface area contributed by atoms with Crippen molar-refractivity contribution < 1.29 is 17.6 Å². The molecule has 1 heterocycles.